The third kappa shape index (κ3) is 1.48. The highest BCUT2D eigenvalue weighted by molar-refractivity contribution is 5.83. The fourth-order valence-corrected chi connectivity index (χ4v) is 4.00. The smallest absolute Gasteiger partial charge is 0.226 e. The van der Waals surface area contributed by atoms with E-state index >= 15 is 0 Å². The topological polar surface area (TPSA) is 46.3 Å². The van der Waals surface area contributed by atoms with Gasteiger partial charge in [0.15, 0.2) is 0 Å². The molecule has 1 amide bonds. The lowest BCUT2D eigenvalue weighted by molar-refractivity contribution is -0.134. The first-order chi connectivity index (χ1) is 7.72. The van der Waals surface area contributed by atoms with E-state index in [9.17, 15) is 4.79 Å². The average Bonchev–Trinajstić information content (AvgIpc) is 2.67. The SMILES string of the molecule is CC1CC(CN)CN1C(=O)C1C2CCCC21. The minimum absolute atomic E-state index is 0.396. The van der Waals surface area contributed by atoms with Gasteiger partial charge in [0, 0.05) is 18.5 Å². The number of nitrogens with two attached hydrogens (primary N) is 1. The third-order valence-electron chi connectivity index (χ3n) is 4.97. The van der Waals surface area contributed by atoms with E-state index in [0.29, 0.717) is 23.8 Å². The number of fused-ring (bicyclic) bond motifs is 1. The lowest BCUT2D eigenvalue weighted by Crippen LogP contribution is -2.36. The van der Waals surface area contributed by atoms with Gasteiger partial charge in [0.25, 0.3) is 0 Å². The molecule has 4 unspecified atom stereocenters. The van der Waals surface area contributed by atoms with E-state index in [4.69, 9.17) is 5.73 Å². The van der Waals surface area contributed by atoms with Gasteiger partial charge in [-0.05, 0) is 50.5 Å². The summed E-state index contributed by atoms with van der Waals surface area (Å²) in [6.45, 7) is 3.81. The fourth-order valence-electron chi connectivity index (χ4n) is 4.00. The second-order valence-corrected chi connectivity index (χ2v) is 5.96. The van der Waals surface area contributed by atoms with Crippen LogP contribution >= 0.6 is 0 Å². The summed E-state index contributed by atoms with van der Waals surface area (Å²) in [5.41, 5.74) is 5.70. The molecular weight excluding hydrogens is 200 g/mol. The van der Waals surface area contributed by atoms with Crippen LogP contribution in [-0.2, 0) is 4.79 Å². The zero-order chi connectivity index (χ0) is 11.3. The summed E-state index contributed by atoms with van der Waals surface area (Å²) in [7, 11) is 0. The summed E-state index contributed by atoms with van der Waals surface area (Å²) in [5, 5.41) is 0. The van der Waals surface area contributed by atoms with Crippen molar-refractivity contribution in [2.24, 2.45) is 29.4 Å². The first-order valence-electron chi connectivity index (χ1n) is 6.73. The largest absolute Gasteiger partial charge is 0.339 e. The predicted molar refractivity (Wildman–Crippen MR) is 62.7 cm³/mol. The highest BCUT2D eigenvalue weighted by Gasteiger charge is 2.58. The molecule has 16 heavy (non-hydrogen) atoms. The first kappa shape index (κ1) is 10.6. The Hall–Kier alpha value is -0.570. The molecular formula is C13H22N2O. The molecule has 0 aromatic heterocycles. The molecule has 3 aliphatic rings. The van der Waals surface area contributed by atoms with Gasteiger partial charge in [0.1, 0.15) is 0 Å². The van der Waals surface area contributed by atoms with E-state index in [1.165, 1.54) is 19.3 Å². The van der Waals surface area contributed by atoms with Crippen molar-refractivity contribution in [1.29, 1.82) is 0 Å². The maximum Gasteiger partial charge on any atom is 0.226 e. The summed E-state index contributed by atoms with van der Waals surface area (Å²) >= 11 is 0. The van der Waals surface area contributed by atoms with Crippen LogP contribution in [0.3, 0.4) is 0 Å². The summed E-state index contributed by atoms with van der Waals surface area (Å²) < 4.78 is 0. The zero-order valence-corrected chi connectivity index (χ0v) is 10.1. The average molecular weight is 222 g/mol. The lowest BCUT2D eigenvalue weighted by Gasteiger charge is -2.22. The number of rotatable bonds is 2. The summed E-state index contributed by atoms with van der Waals surface area (Å²) in [6.07, 6.45) is 5.04. The lowest BCUT2D eigenvalue weighted by atomic mass is 10.1. The summed E-state index contributed by atoms with van der Waals surface area (Å²) in [4.78, 5) is 14.5. The van der Waals surface area contributed by atoms with E-state index in [-0.39, 0.29) is 0 Å². The number of hydrogen-bond acceptors (Lipinski definition) is 2. The number of likely N-dealkylation sites (tertiary alicyclic amines) is 1. The van der Waals surface area contributed by atoms with Gasteiger partial charge in [0.05, 0.1) is 0 Å². The van der Waals surface area contributed by atoms with E-state index in [1.807, 2.05) is 0 Å². The van der Waals surface area contributed by atoms with Crippen LogP contribution in [0.2, 0.25) is 0 Å². The Labute approximate surface area is 97.4 Å². The maximum absolute atomic E-state index is 12.4. The van der Waals surface area contributed by atoms with Gasteiger partial charge in [-0.3, -0.25) is 4.79 Å². The molecule has 0 bridgehead atoms. The molecule has 4 atom stereocenters. The second kappa shape index (κ2) is 3.73. The Bertz CT molecular complexity index is 294. The molecule has 0 radical (unpaired) electrons. The van der Waals surface area contributed by atoms with Crippen molar-refractivity contribution < 1.29 is 4.79 Å². The van der Waals surface area contributed by atoms with Crippen molar-refractivity contribution in [2.45, 2.75) is 38.6 Å². The Balaban J connectivity index is 1.63. The van der Waals surface area contributed by atoms with Crippen molar-refractivity contribution in [3.63, 3.8) is 0 Å². The summed E-state index contributed by atoms with van der Waals surface area (Å²) in [5.74, 6) is 2.87. The van der Waals surface area contributed by atoms with E-state index in [2.05, 4.69) is 11.8 Å². The Morgan fingerprint density at radius 3 is 2.62 bits per heavy atom. The Morgan fingerprint density at radius 1 is 1.38 bits per heavy atom. The molecule has 0 aromatic rings. The van der Waals surface area contributed by atoms with E-state index in [0.717, 1.165) is 31.3 Å². The Morgan fingerprint density at radius 2 is 2.06 bits per heavy atom. The standard InChI is InChI=1S/C13H22N2O/c1-8-5-9(6-14)7-15(8)13(16)12-10-3-2-4-11(10)12/h8-12H,2-7,14H2,1H3. The molecule has 2 N–H and O–H groups in total. The van der Waals surface area contributed by atoms with Crippen LogP contribution in [0, 0.1) is 23.7 Å². The van der Waals surface area contributed by atoms with Crippen LogP contribution in [0.25, 0.3) is 0 Å². The minimum Gasteiger partial charge on any atom is -0.339 e. The zero-order valence-electron chi connectivity index (χ0n) is 10.1. The molecule has 3 rings (SSSR count). The molecule has 3 fully saturated rings. The number of nitrogens with zero attached hydrogens (tertiary/aromatic N) is 1. The van der Waals surface area contributed by atoms with Crippen LogP contribution in [0.15, 0.2) is 0 Å². The monoisotopic (exact) mass is 222 g/mol. The van der Waals surface area contributed by atoms with Gasteiger partial charge >= 0.3 is 0 Å². The maximum atomic E-state index is 12.4. The van der Waals surface area contributed by atoms with Crippen LogP contribution in [-0.4, -0.2) is 29.9 Å². The number of hydrogen-bond donors (Lipinski definition) is 1. The number of amides is 1. The highest BCUT2D eigenvalue weighted by Crippen LogP contribution is 2.58. The van der Waals surface area contributed by atoms with Gasteiger partial charge in [0.2, 0.25) is 5.91 Å². The van der Waals surface area contributed by atoms with Gasteiger partial charge in [-0.15, -0.1) is 0 Å². The normalized spacial score (nSPS) is 45.9. The highest BCUT2D eigenvalue weighted by atomic mass is 16.2. The van der Waals surface area contributed by atoms with E-state index < -0.39 is 0 Å². The fraction of sp³-hybridized carbons (Fsp3) is 0.923. The van der Waals surface area contributed by atoms with E-state index in [1.54, 1.807) is 0 Å². The van der Waals surface area contributed by atoms with Crippen LogP contribution in [0.5, 0.6) is 0 Å². The minimum atomic E-state index is 0.396. The molecule has 3 heteroatoms. The van der Waals surface area contributed by atoms with Gasteiger partial charge in [-0.1, -0.05) is 6.42 Å². The third-order valence-corrected chi connectivity index (χ3v) is 4.97. The van der Waals surface area contributed by atoms with Gasteiger partial charge in [-0.2, -0.15) is 0 Å². The molecule has 3 nitrogen and oxygen atoms in total. The summed E-state index contributed by atoms with van der Waals surface area (Å²) in [6, 6.07) is 0.419. The Kier molecular flexibility index (Phi) is 2.46. The van der Waals surface area contributed by atoms with Crippen LogP contribution in [0.4, 0.5) is 0 Å². The van der Waals surface area contributed by atoms with Crippen molar-refractivity contribution in [2.75, 3.05) is 13.1 Å². The molecule has 0 spiro atoms. The van der Waals surface area contributed by atoms with Gasteiger partial charge in [-0.25, -0.2) is 0 Å². The second-order valence-electron chi connectivity index (χ2n) is 5.96. The van der Waals surface area contributed by atoms with Crippen LogP contribution in [0.1, 0.15) is 32.6 Å². The van der Waals surface area contributed by atoms with Crippen molar-refractivity contribution in [1.82, 2.24) is 4.90 Å². The van der Waals surface area contributed by atoms with Crippen molar-refractivity contribution in [3.05, 3.63) is 0 Å². The first-order valence-corrected chi connectivity index (χ1v) is 6.73. The number of carbonyl (C=O) groups is 1. The quantitative estimate of drug-likeness (QED) is 0.764. The molecule has 2 saturated carbocycles. The van der Waals surface area contributed by atoms with Crippen LogP contribution < -0.4 is 5.73 Å². The predicted octanol–water partition coefficient (Wildman–Crippen LogP) is 1.23. The number of carbonyl (C=O) groups excluding carboxylic acids is 1. The van der Waals surface area contributed by atoms with Crippen molar-refractivity contribution in [3.8, 4) is 0 Å². The molecule has 1 heterocycles. The molecule has 1 saturated heterocycles. The molecule has 1 aliphatic heterocycles. The molecule has 90 valence electrons. The molecule has 2 aliphatic carbocycles. The van der Waals surface area contributed by atoms with Crippen molar-refractivity contribution >= 4 is 5.91 Å². The van der Waals surface area contributed by atoms with Gasteiger partial charge < -0.3 is 10.6 Å². The molecule has 0 aromatic carbocycles.